The first-order chi connectivity index (χ1) is 11.6. The molecule has 3 aliphatic rings. The molecular weight excluding hydrogens is 304 g/mol. The number of nitrogens with one attached hydrogen (secondary N) is 1. The zero-order valence-electron chi connectivity index (χ0n) is 13.9. The Bertz CT molecular complexity index is 683. The second kappa shape index (κ2) is 5.88. The smallest absolute Gasteiger partial charge is 0.274 e. The molecule has 5 nitrogen and oxygen atoms in total. The van der Waals surface area contributed by atoms with Crippen LogP contribution in [0.1, 0.15) is 53.6 Å². The van der Waals surface area contributed by atoms with Crippen LogP contribution in [0.4, 0.5) is 0 Å². The Labute approximate surface area is 142 Å². The van der Waals surface area contributed by atoms with Gasteiger partial charge in [-0.2, -0.15) is 0 Å². The molecule has 1 atom stereocenters. The van der Waals surface area contributed by atoms with Gasteiger partial charge in [0.2, 0.25) is 5.91 Å². The number of likely N-dealkylation sites (tertiary alicyclic amines) is 1. The minimum atomic E-state index is -0.498. The number of hydroxylamine groups is 1. The van der Waals surface area contributed by atoms with Gasteiger partial charge in [0.25, 0.3) is 5.91 Å². The summed E-state index contributed by atoms with van der Waals surface area (Å²) in [6.45, 7) is 1.81. The summed E-state index contributed by atoms with van der Waals surface area (Å²) in [6, 6.07) is 5.53. The average Bonchev–Trinajstić information content (AvgIpc) is 2.86. The molecule has 24 heavy (non-hydrogen) atoms. The number of carbonyl (C=O) groups excluding carboxylic acids is 2. The Kier molecular flexibility index (Phi) is 3.83. The second-order valence-corrected chi connectivity index (χ2v) is 7.68. The largest absolute Gasteiger partial charge is 0.342 e. The Hall–Kier alpha value is -1.88. The first-order valence-corrected chi connectivity index (χ1v) is 8.97. The van der Waals surface area contributed by atoms with Crippen LogP contribution in [0.2, 0.25) is 0 Å². The third-order valence-electron chi connectivity index (χ3n) is 6.28. The number of carbonyl (C=O) groups is 2. The molecule has 0 unspecified atom stereocenters. The fourth-order valence-electron chi connectivity index (χ4n) is 4.52. The molecule has 1 saturated carbocycles. The zero-order valence-corrected chi connectivity index (χ0v) is 13.9. The van der Waals surface area contributed by atoms with Crippen molar-refractivity contribution in [3.8, 4) is 0 Å². The van der Waals surface area contributed by atoms with E-state index in [-0.39, 0.29) is 5.41 Å². The van der Waals surface area contributed by atoms with Gasteiger partial charge in [-0.05, 0) is 67.7 Å². The number of fused-ring (bicyclic) bond motifs is 1. The molecule has 4 rings (SSSR count). The predicted molar refractivity (Wildman–Crippen MR) is 88.7 cm³/mol. The molecule has 2 aliphatic carbocycles. The predicted octanol–water partition coefficient (Wildman–Crippen LogP) is 2.31. The first kappa shape index (κ1) is 15.6. The van der Waals surface area contributed by atoms with Crippen molar-refractivity contribution in [1.29, 1.82) is 0 Å². The van der Waals surface area contributed by atoms with Gasteiger partial charge in [-0.25, -0.2) is 5.48 Å². The van der Waals surface area contributed by atoms with E-state index >= 15 is 0 Å². The van der Waals surface area contributed by atoms with E-state index in [1.807, 2.05) is 12.1 Å². The molecule has 0 aromatic heterocycles. The number of hydrogen-bond donors (Lipinski definition) is 2. The molecule has 1 aliphatic heterocycles. The lowest BCUT2D eigenvalue weighted by Gasteiger charge is -2.35. The van der Waals surface area contributed by atoms with Gasteiger partial charge >= 0.3 is 0 Å². The summed E-state index contributed by atoms with van der Waals surface area (Å²) < 4.78 is 0. The van der Waals surface area contributed by atoms with Crippen molar-refractivity contribution in [1.82, 2.24) is 10.4 Å². The van der Waals surface area contributed by atoms with E-state index in [4.69, 9.17) is 5.21 Å². The monoisotopic (exact) mass is 328 g/mol. The van der Waals surface area contributed by atoms with Crippen molar-refractivity contribution >= 4 is 11.8 Å². The highest BCUT2D eigenvalue weighted by molar-refractivity contribution is 5.93. The average molecular weight is 328 g/mol. The Balaban J connectivity index is 1.54. The molecule has 0 radical (unpaired) electrons. The summed E-state index contributed by atoms with van der Waals surface area (Å²) in [5.74, 6) is 0.527. The van der Waals surface area contributed by atoms with Crippen LogP contribution in [0.3, 0.4) is 0 Å². The van der Waals surface area contributed by atoms with Gasteiger partial charge in [0.1, 0.15) is 0 Å². The normalized spacial score (nSPS) is 26.4. The van der Waals surface area contributed by atoms with Gasteiger partial charge in [0.15, 0.2) is 0 Å². The van der Waals surface area contributed by atoms with Gasteiger partial charge in [0, 0.05) is 18.7 Å². The van der Waals surface area contributed by atoms with Crippen molar-refractivity contribution in [2.75, 3.05) is 13.1 Å². The lowest BCUT2D eigenvalue weighted by molar-refractivity contribution is -0.137. The van der Waals surface area contributed by atoms with Gasteiger partial charge in [0.05, 0.1) is 5.41 Å². The van der Waals surface area contributed by atoms with E-state index < -0.39 is 5.91 Å². The van der Waals surface area contributed by atoms with Gasteiger partial charge in [-0.15, -0.1) is 0 Å². The molecule has 2 N–H and O–H groups in total. The lowest BCUT2D eigenvalue weighted by atomic mass is 9.70. The van der Waals surface area contributed by atoms with Crippen LogP contribution < -0.4 is 5.48 Å². The third kappa shape index (κ3) is 2.51. The van der Waals surface area contributed by atoms with E-state index in [9.17, 15) is 9.59 Å². The number of benzene rings is 1. The minimum absolute atomic E-state index is 0.273. The van der Waals surface area contributed by atoms with E-state index in [1.54, 1.807) is 11.5 Å². The SMILES string of the molecule is O=C(NO)c1ccc2c(c1)C[C@]1(CC2)CCN(CC2CCC2)C1=O. The summed E-state index contributed by atoms with van der Waals surface area (Å²) in [5.41, 5.74) is 4.17. The summed E-state index contributed by atoms with van der Waals surface area (Å²) in [6.07, 6.45) is 7.27. The summed E-state index contributed by atoms with van der Waals surface area (Å²) >= 11 is 0. The number of amides is 2. The molecule has 1 aromatic rings. The fraction of sp³-hybridized carbons (Fsp3) is 0.579. The highest BCUT2D eigenvalue weighted by Crippen LogP contribution is 2.44. The highest BCUT2D eigenvalue weighted by atomic mass is 16.5. The molecule has 1 spiro atoms. The molecular formula is C19H24N2O3. The van der Waals surface area contributed by atoms with E-state index in [2.05, 4.69) is 4.90 Å². The van der Waals surface area contributed by atoms with Crippen molar-refractivity contribution < 1.29 is 14.8 Å². The molecule has 5 heteroatoms. The van der Waals surface area contributed by atoms with E-state index in [1.165, 1.54) is 24.8 Å². The zero-order chi connectivity index (χ0) is 16.7. The number of aryl methyl sites for hydroxylation is 1. The van der Waals surface area contributed by atoms with Crippen LogP contribution in [0.15, 0.2) is 18.2 Å². The Morgan fingerprint density at radius 1 is 1.29 bits per heavy atom. The van der Waals surface area contributed by atoms with E-state index in [0.29, 0.717) is 17.4 Å². The second-order valence-electron chi connectivity index (χ2n) is 7.68. The first-order valence-electron chi connectivity index (χ1n) is 8.97. The highest BCUT2D eigenvalue weighted by Gasteiger charge is 2.48. The maximum Gasteiger partial charge on any atom is 0.274 e. The quantitative estimate of drug-likeness (QED) is 0.661. The summed E-state index contributed by atoms with van der Waals surface area (Å²) in [5, 5.41) is 8.83. The van der Waals surface area contributed by atoms with Crippen LogP contribution in [0.25, 0.3) is 0 Å². The van der Waals surface area contributed by atoms with Crippen molar-refractivity contribution in [3.63, 3.8) is 0 Å². The molecule has 2 amide bonds. The maximum absolute atomic E-state index is 13.0. The standard InChI is InChI=1S/C19H24N2O3/c22-17(20-24)15-5-4-14-6-7-19(11-16(14)10-15)8-9-21(18(19)23)12-13-2-1-3-13/h4-5,10,13,24H,1-3,6-9,11-12H2,(H,20,22)/t19-/m0/s1. The van der Waals surface area contributed by atoms with Crippen LogP contribution in [-0.2, 0) is 17.6 Å². The van der Waals surface area contributed by atoms with Crippen LogP contribution in [0, 0.1) is 11.3 Å². The molecule has 2 fully saturated rings. The number of rotatable bonds is 3. The van der Waals surface area contributed by atoms with Crippen molar-refractivity contribution in [2.24, 2.45) is 11.3 Å². The van der Waals surface area contributed by atoms with E-state index in [0.717, 1.165) is 44.3 Å². The van der Waals surface area contributed by atoms with Crippen LogP contribution in [0.5, 0.6) is 0 Å². The summed E-state index contributed by atoms with van der Waals surface area (Å²) in [4.78, 5) is 26.8. The van der Waals surface area contributed by atoms with Crippen molar-refractivity contribution in [2.45, 2.75) is 44.9 Å². The number of nitrogens with zero attached hydrogens (tertiary/aromatic N) is 1. The summed E-state index contributed by atoms with van der Waals surface area (Å²) in [7, 11) is 0. The maximum atomic E-state index is 13.0. The fourth-order valence-corrected chi connectivity index (χ4v) is 4.52. The van der Waals surface area contributed by atoms with Crippen molar-refractivity contribution in [3.05, 3.63) is 34.9 Å². The Morgan fingerprint density at radius 3 is 2.83 bits per heavy atom. The van der Waals surface area contributed by atoms with Gasteiger partial charge in [-0.3, -0.25) is 14.8 Å². The molecule has 1 saturated heterocycles. The lowest BCUT2D eigenvalue weighted by Crippen LogP contribution is -2.41. The molecule has 128 valence electrons. The Morgan fingerprint density at radius 2 is 2.12 bits per heavy atom. The number of hydrogen-bond acceptors (Lipinski definition) is 3. The molecule has 1 aromatic carbocycles. The van der Waals surface area contributed by atoms with Gasteiger partial charge < -0.3 is 4.90 Å². The van der Waals surface area contributed by atoms with Gasteiger partial charge in [-0.1, -0.05) is 12.5 Å². The topological polar surface area (TPSA) is 69.6 Å². The molecule has 1 heterocycles. The minimum Gasteiger partial charge on any atom is -0.342 e. The molecule has 0 bridgehead atoms. The van der Waals surface area contributed by atoms with Crippen LogP contribution >= 0.6 is 0 Å². The van der Waals surface area contributed by atoms with Crippen LogP contribution in [-0.4, -0.2) is 35.0 Å². The third-order valence-corrected chi connectivity index (χ3v) is 6.28.